The van der Waals surface area contributed by atoms with Gasteiger partial charge in [-0.3, -0.25) is 4.79 Å². The topological polar surface area (TPSA) is 106 Å². The Kier molecular flexibility index (Phi) is 5.44. The summed E-state index contributed by atoms with van der Waals surface area (Å²) in [5.74, 6) is -1.22. The lowest BCUT2D eigenvalue weighted by atomic mass is 10.0. The van der Waals surface area contributed by atoms with Crippen molar-refractivity contribution in [3.8, 4) is 5.75 Å². The third-order valence-corrected chi connectivity index (χ3v) is 4.52. The Morgan fingerprint density at radius 2 is 1.89 bits per heavy atom. The van der Waals surface area contributed by atoms with Crippen LogP contribution in [-0.2, 0) is 16.0 Å². The molecule has 0 aliphatic carbocycles. The quantitative estimate of drug-likeness (QED) is 0.636. The number of carbonyl (C=O) groups is 2. The number of carboxylic acids is 1. The van der Waals surface area contributed by atoms with Crippen LogP contribution >= 0.6 is 0 Å². The third kappa shape index (κ3) is 3.88. The molecule has 7 heteroatoms. The Balaban J connectivity index is 1.88. The van der Waals surface area contributed by atoms with Crippen molar-refractivity contribution in [1.82, 2.24) is 5.32 Å². The molecule has 3 aromatic rings. The fourth-order valence-corrected chi connectivity index (χ4v) is 3.01. The highest BCUT2D eigenvalue weighted by Gasteiger charge is 2.23. The van der Waals surface area contributed by atoms with E-state index in [0.29, 0.717) is 27.8 Å². The molecule has 2 N–H and O–H groups in total. The summed E-state index contributed by atoms with van der Waals surface area (Å²) in [6.45, 7) is 1.72. The Morgan fingerprint density at radius 1 is 1.18 bits per heavy atom. The zero-order valence-corrected chi connectivity index (χ0v) is 15.4. The Hall–Kier alpha value is -3.61. The van der Waals surface area contributed by atoms with Crippen molar-refractivity contribution in [3.63, 3.8) is 0 Å². The first kappa shape index (κ1) is 19.2. The average Bonchev–Trinajstić information content (AvgIpc) is 2.69. The van der Waals surface area contributed by atoms with E-state index in [1.165, 1.54) is 7.11 Å². The number of aryl methyl sites for hydroxylation is 1. The summed E-state index contributed by atoms with van der Waals surface area (Å²) >= 11 is 0. The van der Waals surface area contributed by atoms with Crippen molar-refractivity contribution >= 4 is 22.8 Å². The Morgan fingerprint density at radius 3 is 2.54 bits per heavy atom. The SMILES string of the molecule is COc1ccc2c(C)c(CC(=O)N[C@@H](C(=O)O)c3ccccc3)c(=O)oc2c1. The number of aliphatic carboxylic acids is 1. The number of carboxylic acid groups (broad SMARTS) is 1. The summed E-state index contributed by atoms with van der Waals surface area (Å²) in [5, 5.41) is 12.6. The maximum atomic E-state index is 12.5. The molecule has 3 rings (SSSR count). The van der Waals surface area contributed by atoms with Gasteiger partial charge in [-0.1, -0.05) is 30.3 Å². The van der Waals surface area contributed by atoms with Crippen LogP contribution in [0, 0.1) is 6.92 Å². The maximum absolute atomic E-state index is 12.5. The molecule has 7 nitrogen and oxygen atoms in total. The number of hydrogen-bond acceptors (Lipinski definition) is 5. The number of hydrogen-bond donors (Lipinski definition) is 2. The fourth-order valence-electron chi connectivity index (χ4n) is 3.01. The lowest BCUT2D eigenvalue weighted by Gasteiger charge is -2.15. The molecular weight excluding hydrogens is 362 g/mol. The minimum absolute atomic E-state index is 0.187. The smallest absolute Gasteiger partial charge is 0.340 e. The summed E-state index contributed by atoms with van der Waals surface area (Å²) in [6.07, 6.45) is -0.285. The van der Waals surface area contributed by atoms with Crippen LogP contribution in [0.3, 0.4) is 0 Å². The summed E-state index contributed by atoms with van der Waals surface area (Å²) in [4.78, 5) is 36.4. The van der Waals surface area contributed by atoms with E-state index in [-0.39, 0.29) is 12.0 Å². The molecule has 1 atom stereocenters. The molecule has 1 amide bonds. The molecule has 0 unspecified atom stereocenters. The highest BCUT2D eigenvalue weighted by molar-refractivity contribution is 5.88. The van der Waals surface area contributed by atoms with Gasteiger partial charge in [-0.15, -0.1) is 0 Å². The standard InChI is InChI=1S/C21H19NO6/c1-12-15-9-8-14(27-2)10-17(15)28-21(26)16(12)11-18(23)22-19(20(24)25)13-6-4-3-5-7-13/h3-10,19H,11H2,1-2H3,(H,22,23)(H,24,25)/t19-/m1/s1. The monoisotopic (exact) mass is 381 g/mol. The molecule has 0 aliphatic rings. The molecule has 0 spiro atoms. The molecule has 0 aliphatic heterocycles. The van der Waals surface area contributed by atoms with Gasteiger partial charge in [0.1, 0.15) is 11.3 Å². The number of nitrogens with one attached hydrogen (secondary N) is 1. The molecule has 0 radical (unpaired) electrons. The van der Waals surface area contributed by atoms with Crippen molar-refractivity contribution in [1.29, 1.82) is 0 Å². The average molecular weight is 381 g/mol. The predicted molar refractivity (Wildman–Crippen MR) is 102 cm³/mol. The first-order valence-corrected chi connectivity index (χ1v) is 8.58. The highest BCUT2D eigenvalue weighted by atomic mass is 16.5. The normalized spacial score (nSPS) is 11.8. The zero-order chi connectivity index (χ0) is 20.3. The van der Waals surface area contributed by atoms with Gasteiger partial charge < -0.3 is 19.6 Å². The van der Waals surface area contributed by atoms with Gasteiger partial charge in [0.25, 0.3) is 0 Å². The summed E-state index contributed by atoms with van der Waals surface area (Å²) in [5.41, 5.74) is 0.958. The van der Waals surface area contributed by atoms with Crippen LogP contribution < -0.4 is 15.7 Å². The molecule has 0 saturated heterocycles. The number of rotatable bonds is 6. The van der Waals surface area contributed by atoms with Crippen LogP contribution in [0.5, 0.6) is 5.75 Å². The van der Waals surface area contributed by atoms with Crippen molar-refractivity contribution in [2.45, 2.75) is 19.4 Å². The van der Waals surface area contributed by atoms with Crippen LogP contribution in [-0.4, -0.2) is 24.1 Å². The number of fused-ring (bicyclic) bond motifs is 1. The fraction of sp³-hybridized carbons (Fsp3) is 0.190. The third-order valence-electron chi connectivity index (χ3n) is 4.52. The van der Waals surface area contributed by atoms with Crippen LogP contribution in [0.1, 0.15) is 22.7 Å². The lowest BCUT2D eigenvalue weighted by Crippen LogP contribution is -2.35. The summed E-state index contributed by atoms with van der Waals surface area (Å²) < 4.78 is 10.4. The minimum atomic E-state index is -1.20. The second-order valence-electron chi connectivity index (χ2n) is 6.28. The first-order chi connectivity index (χ1) is 13.4. The Labute approximate surface area is 160 Å². The second kappa shape index (κ2) is 7.96. The van der Waals surface area contributed by atoms with E-state index in [1.54, 1.807) is 55.5 Å². The van der Waals surface area contributed by atoms with E-state index in [9.17, 15) is 19.5 Å². The number of carbonyl (C=O) groups excluding carboxylic acids is 1. The van der Waals surface area contributed by atoms with Crippen LogP contribution in [0.25, 0.3) is 11.0 Å². The second-order valence-corrected chi connectivity index (χ2v) is 6.28. The van der Waals surface area contributed by atoms with E-state index in [1.807, 2.05) is 0 Å². The lowest BCUT2D eigenvalue weighted by molar-refractivity contribution is -0.142. The van der Waals surface area contributed by atoms with Crippen molar-refractivity contribution < 1.29 is 23.8 Å². The van der Waals surface area contributed by atoms with Gasteiger partial charge in [-0.25, -0.2) is 9.59 Å². The van der Waals surface area contributed by atoms with Crippen LogP contribution in [0.15, 0.2) is 57.7 Å². The molecule has 0 fully saturated rings. The van der Waals surface area contributed by atoms with Gasteiger partial charge in [0, 0.05) is 11.5 Å². The largest absolute Gasteiger partial charge is 0.497 e. The van der Waals surface area contributed by atoms with Gasteiger partial charge in [0.15, 0.2) is 6.04 Å². The van der Waals surface area contributed by atoms with E-state index in [2.05, 4.69) is 5.32 Å². The van der Waals surface area contributed by atoms with Gasteiger partial charge in [0.05, 0.1) is 19.1 Å². The van der Waals surface area contributed by atoms with Gasteiger partial charge >= 0.3 is 11.6 Å². The molecule has 0 saturated carbocycles. The molecule has 1 heterocycles. The van der Waals surface area contributed by atoms with Gasteiger partial charge in [-0.2, -0.15) is 0 Å². The van der Waals surface area contributed by atoms with Crippen molar-refractivity contribution in [3.05, 3.63) is 75.6 Å². The maximum Gasteiger partial charge on any atom is 0.340 e. The summed E-state index contributed by atoms with van der Waals surface area (Å²) in [6, 6.07) is 12.2. The minimum Gasteiger partial charge on any atom is -0.497 e. The van der Waals surface area contributed by atoms with E-state index in [0.717, 1.165) is 0 Å². The number of amides is 1. The van der Waals surface area contributed by atoms with Gasteiger partial charge in [-0.05, 0) is 30.2 Å². The molecule has 1 aromatic heterocycles. The molecular formula is C21H19NO6. The molecule has 144 valence electrons. The van der Waals surface area contributed by atoms with Gasteiger partial charge in [0.2, 0.25) is 5.91 Å². The van der Waals surface area contributed by atoms with Crippen LogP contribution in [0.4, 0.5) is 0 Å². The predicted octanol–water partition coefficient (Wildman–Crippen LogP) is 2.59. The number of benzene rings is 2. The van der Waals surface area contributed by atoms with Crippen LogP contribution in [0.2, 0.25) is 0 Å². The molecule has 28 heavy (non-hydrogen) atoms. The first-order valence-electron chi connectivity index (χ1n) is 8.58. The Bertz CT molecular complexity index is 1090. The van der Waals surface area contributed by atoms with Crippen molar-refractivity contribution in [2.24, 2.45) is 0 Å². The molecule has 0 bridgehead atoms. The van der Waals surface area contributed by atoms with E-state index >= 15 is 0 Å². The number of ether oxygens (including phenoxy) is 1. The van der Waals surface area contributed by atoms with E-state index < -0.39 is 23.5 Å². The zero-order valence-electron chi connectivity index (χ0n) is 15.4. The summed E-state index contributed by atoms with van der Waals surface area (Å²) in [7, 11) is 1.51. The number of methoxy groups -OCH3 is 1. The van der Waals surface area contributed by atoms with E-state index in [4.69, 9.17) is 9.15 Å². The highest BCUT2D eigenvalue weighted by Crippen LogP contribution is 2.24. The molecule has 2 aromatic carbocycles. The van der Waals surface area contributed by atoms with Crippen molar-refractivity contribution in [2.75, 3.05) is 7.11 Å².